The second-order valence-electron chi connectivity index (χ2n) is 12.1. The number of allylic oxidation sites excluding steroid dienone is 1. The number of carbonyl (C=O) groups excluding carboxylic acids is 1. The maximum Gasteiger partial charge on any atom is 0.338 e. The normalized spacial score (nSPS) is 14.6. The van der Waals surface area contributed by atoms with Crippen LogP contribution in [0.1, 0.15) is 50.4 Å². The lowest BCUT2D eigenvalue weighted by Gasteiger charge is -2.26. The third kappa shape index (κ3) is 6.16. The summed E-state index contributed by atoms with van der Waals surface area (Å²) in [6.45, 7) is 7.99. The van der Waals surface area contributed by atoms with E-state index in [1.165, 1.54) is 11.3 Å². The van der Waals surface area contributed by atoms with Crippen LogP contribution in [0.25, 0.3) is 27.6 Å². The average molecular weight is 669 g/mol. The number of rotatable bonds is 9. The summed E-state index contributed by atoms with van der Waals surface area (Å²) in [5, 5.41) is 4.27. The van der Waals surface area contributed by atoms with Crippen molar-refractivity contribution in [3.8, 4) is 11.5 Å². The predicted molar refractivity (Wildman–Crippen MR) is 195 cm³/mol. The maximum absolute atomic E-state index is 14.6. The highest BCUT2D eigenvalue weighted by atomic mass is 32.1. The second kappa shape index (κ2) is 13.6. The Labute approximate surface area is 288 Å². The van der Waals surface area contributed by atoms with Crippen molar-refractivity contribution < 1.29 is 19.0 Å². The molecule has 6 aromatic rings. The van der Waals surface area contributed by atoms with E-state index in [0.29, 0.717) is 44.3 Å². The van der Waals surface area contributed by atoms with Crippen LogP contribution in [0.5, 0.6) is 11.5 Å². The number of hydrogen-bond donors (Lipinski definition) is 0. The molecule has 0 amide bonds. The van der Waals surface area contributed by atoms with Crippen LogP contribution in [0.3, 0.4) is 0 Å². The molecule has 2 heterocycles. The van der Waals surface area contributed by atoms with Crippen molar-refractivity contribution in [1.29, 1.82) is 0 Å². The maximum atomic E-state index is 14.6. The molecule has 0 saturated heterocycles. The van der Waals surface area contributed by atoms with Crippen LogP contribution in [-0.4, -0.2) is 23.2 Å². The van der Waals surface area contributed by atoms with Crippen molar-refractivity contribution >= 4 is 44.9 Å². The van der Waals surface area contributed by atoms with Crippen LogP contribution in [0, 0.1) is 0 Å². The van der Waals surface area contributed by atoms with Crippen molar-refractivity contribution in [3.63, 3.8) is 0 Å². The third-order valence-corrected chi connectivity index (χ3v) is 9.55. The lowest BCUT2D eigenvalue weighted by Crippen LogP contribution is -2.40. The number of aromatic nitrogens is 1. The van der Waals surface area contributed by atoms with Crippen LogP contribution < -0.4 is 24.4 Å². The Morgan fingerprint density at radius 2 is 1.57 bits per heavy atom. The molecule has 0 bridgehead atoms. The first-order chi connectivity index (χ1) is 23.8. The molecule has 246 valence electrons. The van der Waals surface area contributed by atoms with E-state index in [2.05, 4.69) is 24.3 Å². The van der Waals surface area contributed by atoms with Gasteiger partial charge in [0.15, 0.2) is 4.80 Å². The van der Waals surface area contributed by atoms with Crippen LogP contribution in [0.2, 0.25) is 0 Å². The van der Waals surface area contributed by atoms with Gasteiger partial charge < -0.3 is 14.2 Å². The largest absolute Gasteiger partial charge is 0.491 e. The molecule has 0 aliphatic carbocycles. The topological polar surface area (TPSA) is 79.1 Å². The molecule has 0 fully saturated rings. The zero-order valence-corrected chi connectivity index (χ0v) is 28.6. The van der Waals surface area contributed by atoms with Crippen molar-refractivity contribution in [1.82, 2.24) is 4.57 Å². The highest BCUT2D eigenvalue weighted by Crippen LogP contribution is 2.36. The molecule has 0 unspecified atom stereocenters. The number of esters is 1. The minimum atomic E-state index is -0.790. The number of hydrogen-bond acceptors (Lipinski definition) is 7. The first-order valence-electron chi connectivity index (χ1n) is 16.4. The zero-order chi connectivity index (χ0) is 34.1. The van der Waals surface area contributed by atoms with Gasteiger partial charge in [0.05, 0.1) is 28.5 Å². The summed E-state index contributed by atoms with van der Waals surface area (Å²) in [7, 11) is 0. The molecule has 8 heteroatoms. The van der Waals surface area contributed by atoms with Crippen LogP contribution in [0.15, 0.2) is 124 Å². The van der Waals surface area contributed by atoms with Gasteiger partial charge in [0, 0.05) is 11.1 Å². The van der Waals surface area contributed by atoms with Crippen LogP contribution >= 0.6 is 11.3 Å². The van der Waals surface area contributed by atoms with Crippen molar-refractivity contribution in [2.24, 2.45) is 4.99 Å². The van der Waals surface area contributed by atoms with Gasteiger partial charge in [-0.1, -0.05) is 102 Å². The molecule has 1 aromatic heterocycles. The van der Waals surface area contributed by atoms with Gasteiger partial charge in [-0.15, -0.1) is 0 Å². The number of thiazole rings is 1. The van der Waals surface area contributed by atoms with Crippen molar-refractivity contribution in [2.45, 2.75) is 46.4 Å². The van der Waals surface area contributed by atoms with Crippen LogP contribution in [-0.2, 0) is 16.1 Å². The van der Waals surface area contributed by atoms with E-state index in [1.54, 1.807) is 18.4 Å². The number of carbonyl (C=O) groups is 1. The molecule has 0 saturated carbocycles. The molecule has 0 N–H and O–H groups in total. The standard InChI is InChI=1S/C41H36N2O5S/c1-5-46-40(45)37-26(4)42-41-43(38(37)32-19-10-11-20-35(32)48-25(2)3)39(44)36(49-41)23-33-31-18-9-7-14-28(31)21-22-34(33)47-24-29-16-12-15-27-13-6-8-17-30(27)29/h6-23,25,38H,5,24H2,1-4H3/b36-23-/t38-/m0/s1. The van der Waals surface area contributed by atoms with Gasteiger partial charge in [0.2, 0.25) is 0 Å². The minimum absolute atomic E-state index is 0.119. The first kappa shape index (κ1) is 32.1. The number of benzene rings is 5. The van der Waals surface area contributed by atoms with E-state index in [0.717, 1.165) is 32.7 Å². The molecule has 1 aliphatic heterocycles. The van der Waals surface area contributed by atoms with E-state index in [1.807, 2.05) is 98.8 Å². The Morgan fingerprint density at radius 1 is 0.878 bits per heavy atom. The Balaban J connectivity index is 1.40. The minimum Gasteiger partial charge on any atom is -0.491 e. The second-order valence-corrected chi connectivity index (χ2v) is 13.1. The monoisotopic (exact) mass is 668 g/mol. The predicted octanol–water partition coefficient (Wildman–Crippen LogP) is 7.47. The fourth-order valence-electron chi connectivity index (χ4n) is 6.41. The summed E-state index contributed by atoms with van der Waals surface area (Å²) in [5.74, 6) is 0.736. The Kier molecular flexibility index (Phi) is 8.89. The molecule has 1 aliphatic rings. The molecular formula is C41H36N2O5S. The van der Waals surface area contributed by atoms with E-state index >= 15 is 0 Å². The van der Waals surface area contributed by atoms with Crippen molar-refractivity contribution in [3.05, 3.63) is 151 Å². The van der Waals surface area contributed by atoms with E-state index < -0.39 is 12.0 Å². The van der Waals surface area contributed by atoms with E-state index in [4.69, 9.17) is 19.2 Å². The number of ether oxygens (including phenoxy) is 3. The lowest BCUT2D eigenvalue weighted by molar-refractivity contribution is -0.139. The molecule has 7 nitrogen and oxygen atoms in total. The Morgan fingerprint density at radius 3 is 2.35 bits per heavy atom. The average Bonchev–Trinajstić information content (AvgIpc) is 3.41. The summed E-state index contributed by atoms with van der Waals surface area (Å²) < 4.78 is 20.3. The molecule has 0 spiro atoms. The highest BCUT2D eigenvalue weighted by molar-refractivity contribution is 7.07. The van der Waals surface area contributed by atoms with Crippen LogP contribution in [0.4, 0.5) is 0 Å². The fraction of sp³-hybridized carbons (Fsp3) is 0.195. The summed E-state index contributed by atoms with van der Waals surface area (Å²) >= 11 is 1.29. The third-order valence-electron chi connectivity index (χ3n) is 8.56. The quantitative estimate of drug-likeness (QED) is 0.149. The Hall–Kier alpha value is -5.47. The molecule has 1 atom stereocenters. The number of fused-ring (bicyclic) bond motifs is 3. The van der Waals surface area contributed by atoms with E-state index in [9.17, 15) is 9.59 Å². The van der Waals surface area contributed by atoms with E-state index in [-0.39, 0.29) is 18.3 Å². The fourth-order valence-corrected chi connectivity index (χ4v) is 7.44. The van der Waals surface area contributed by atoms with Gasteiger partial charge in [0.25, 0.3) is 5.56 Å². The van der Waals surface area contributed by atoms with Gasteiger partial charge >= 0.3 is 5.97 Å². The molecule has 0 radical (unpaired) electrons. The number of para-hydroxylation sites is 1. The Bertz CT molecular complexity index is 2430. The van der Waals surface area contributed by atoms with Gasteiger partial charge in [0.1, 0.15) is 24.1 Å². The molecule has 5 aromatic carbocycles. The van der Waals surface area contributed by atoms with Gasteiger partial charge in [-0.2, -0.15) is 0 Å². The summed E-state index contributed by atoms with van der Waals surface area (Å²) in [5.41, 5.74) is 3.09. The molecule has 7 rings (SSSR count). The summed E-state index contributed by atoms with van der Waals surface area (Å²) in [4.78, 5) is 33.3. The lowest BCUT2D eigenvalue weighted by atomic mass is 9.95. The van der Waals surface area contributed by atoms with Gasteiger partial charge in [-0.3, -0.25) is 9.36 Å². The SMILES string of the molecule is CCOC(=O)C1=C(C)N=c2s/c(=C\c3c(OCc4cccc5ccccc45)ccc4ccccc34)c(=O)n2[C@H]1c1ccccc1OC(C)C. The first-order valence-corrected chi connectivity index (χ1v) is 17.2. The van der Waals surface area contributed by atoms with Gasteiger partial charge in [-0.25, -0.2) is 9.79 Å². The molecular weight excluding hydrogens is 633 g/mol. The zero-order valence-electron chi connectivity index (χ0n) is 27.8. The van der Waals surface area contributed by atoms with Gasteiger partial charge in [-0.05, 0) is 73.0 Å². The smallest absolute Gasteiger partial charge is 0.338 e. The highest BCUT2D eigenvalue weighted by Gasteiger charge is 2.35. The molecule has 49 heavy (non-hydrogen) atoms. The summed E-state index contributed by atoms with van der Waals surface area (Å²) in [6.07, 6.45) is 1.77. The van der Waals surface area contributed by atoms with Crippen molar-refractivity contribution in [2.75, 3.05) is 6.61 Å². The number of nitrogens with zero attached hydrogens (tertiary/aromatic N) is 2. The summed E-state index contributed by atoms with van der Waals surface area (Å²) in [6, 6.07) is 33.2.